The lowest BCUT2D eigenvalue weighted by molar-refractivity contribution is 0.320. The van der Waals surface area contributed by atoms with E-state index in [1.807, 2.05) is 11.3 Å². The zero-order valence-electron chi connectivity index (χ0n) is 9.11. The molecule has 0 radical (unpaired) electrons. The summed E-state index contributed by atoms with van der Waals surface area (Å²) in [7, 11) is 0. The van der Waals surface area contributed by atoms with Crippen LogP contribution in [0.2, 0.25) is 0 Å². The van der Waals surface area contributed by atoms with Gasteiger partial charge in [-0.1, -0.05) is 0 Å². The SMILES string of the molecule is Cc1ccsc1CN1CCC(CN)C1.Cl. The van der Waals surface area contributed by atoms with Crippen molar-refractivity contribution >= 4 is 23.7 Å². The first-order valence-corrected chi connectivity index (χ1v) is 6.13. The molecule has 1 aliphatic heterocycles. The molecule has 0 aromatic carbocycles. The summed E-state index contributed by atoms with van der Waals surface area (Å²) in [6, 6.07) is 2.20. The Morgan fingerprint density at radius 3 is 2.93 bits per heavy atom. The Morgan fingerprint density at radius 1 is 1.60 bits per heavy atom. The number of aryl methyl sites for hydroxylation is 1. The Kier molecular flexibility index (Phi) is 5.06. The fourth-order valence-corrected chi connectivity index (χ4v) is 2.97. The van der Waals surface area contributed by atoms with Crippen LogP contribution in [0.25, 0.3) is 0 Å². The minimum Gasteiger partial charge on any atom is -0.330 e. The first kappa shape index (κ1) is 13.0. The molecule has 86 valence electrons. The van der Waals surface area contributed by atoms with E-state index in [0.29, 0.717) is 0 Å². The molecule has 1 unspecified atom stereocenters. The molecule has 2 rings (SSSR count). The second kappa shape index (κ2) is 5.85. The van der Waals surface area contributed by atoms with Crippen molar-refractivity contribution in [3.05, 3.63) is 21.9 Å². The highest BCUT2D eigenvalue weighted by molar-refractivity contribution is 7.10. The summed E-state index contributed by atoms with van der Waals surface area (Å²) in [5.41, 5.74) is 7.11. The van der Waals surface area contributed by atoms with Gasteiger partial charge in [0.1, 0.15) is 0 Å². The molecule has 0 amide bonds. The number of likely N-dealkylation sites (tertiary alicyclic amines) is 1. The van der Waals surface area contributed by atoms with E-state index in [2.05, 4.69) is 23.3 Å². The summed E-state index contributed by atoms with van der Waals surface area (Å²) in [6.45, 7) is 6.58. The highest BCUT2D eigenvalue weighted by Crippen LogP contribution is 2.22. The average Bonchev–Trinajstić information content (AvgIpc) is 2.77. The highest BCUT2D eigenvalue weighted by atomic mass is 35.5. The fourth-order valence-electron chi connectivity index (χ4n) is 2.02. The van der Waals surface area contributed by atoms with Crippen molar-refractivity contribution in [3.63, 3.8) is 0 Å². The van der Waals surface area contributed by atoms with E-state index in [4.69, 9.17) is 5.73 Å². The highest BCUT2D eigenvalue weighted by Gasteiger charge is 2.21. The topological polar surface area (TPSA) is 29.3 Å². The number of rotatable bonds is 3. The van der Waals surface area contributed by atoms with Crippen LogP contribution in [0.4, 0.5) is 0 Å². The van der Waals surface area contributed by atoms with Crippen molar-refractivity contribution in [2.75, 3.05) is 19.6 Å². The Balaban J connectivity index is 0.00000112. The smallest absolute Gasteiger partial charge is 0.0330 e. The van der Waals surface area contributed by atoms with Crippen LogP contribution in [0, 0.1) is 12.8 Å². The molecule has 4 heteroatoms. The van der Waals surface area contributed by atoms with Gasteiger partial charge in [-0.3, -0.25) is 4.90 Å². The van der Waals surface area contributed by atoms with E-state index in [0.717, 1.165) is 19.0 Å². The van der Waals surface area contributed by atoms with Crippen LogP contribution < -0.4 is 5.73 Å². The van der Waals surface area contributed by atoms with Crippen molar-refractivity contribution in [2.45, 2.75) is 19.9 Å². The Bertz CT molecular complexity index is 301. The van der Waals surface area contributed by atoms with Crippen molar-refractivity contribution < 1.29 is 0 Å². The molecule has 0 saturated carbocycles. The summed E-state index contributed by atoms with van der Waals surface area (Å²) in [4.78, 5) is 4.04. The summed E-state index contributed by atoms with van der Waals surface area (Å²) >= 11 is 1.87. The molecule has 0 aliphatic carbocycles. The minimum atomic E-state index is 0. The van der Waals surface area contributed by atoms with Crippen LogP contribution in [0.1, 0.15) is 16.9 Å². The van der Waals surface area contributed by atoms with E-state index in [1.54, 1.807) is 0 Å². The van der Waals surface area contributed by atoms with Crippen molar-refractivity contribution in [1.82, 2.24) is 4.90 Å². The van der Waals surface area contributed by atoms with Gasteiger partial charge < -0.3 is 5.73 Å². The molecule has 1 aromatic heterocycles. The van der Waals surface area contributed by atoms with Gasteiger partial charge in [-0.15, -0.1) is 23.7 Å². The van der Waals surface area contributed by atoms with Gasteiger partial charge in [-0.25, -0.2) is 0 Å². The fraction of sp³-hybridized carbons (Fsp3) is 0.636. The van der Waals surface area contributed by atoms with Gasteiger partial charge in [-0.05, 0) is 49.4 Å². The number of thiophene rings is 1. The zero-order valence-corrected chi connectivity index (χ0v) is 10.7. The minimum absolute atomic E-state index is 0. The number of hydrogen-bond donors (Lipinski definition) is 1. The normalized spacial score (nSPS) is 21.6. The van der Waals surface area contributed by atoms with E-state index in [1.165, 1.54) is 30.0 Å². The largest absolute Gasteiger partial charge is 0.330 e. The van der Waals surface area contributed by atoms with E-state index < -0.39 is 0 Å². The molecule has 1 aromatic rings. The molecule has 1 aliphatic rings. The standard InChI is InChI=1S/C11H18N2S.ClH/c1-9-3-5-14-11(9)8-13-4-2-10(6-12)7-13;/h3,5,10H,2,4,6-8,12H2,1H3;1H. The summed E-state index contributed by atoms with van der Waals surface area (Å²) in [6.07, 6.45) is 1.28. The molecule has 2 heterocycles. The summed E-state index contributed by atoms with van der Waals surface area (Å²) in [5.74, 6) is 0.732. The van der Waals surface area contributed by atoms with Crippen LogP contribution in [-0.2, 0) is 6.54 Å². The molecular formula is C11H19ClN2S. The molecule has 1 fully saturated rings. The van der Waals surface area contributed by atoms with Crippen LogP contribution in [0.5, 0.6) is 0 Å². The number of hydrogen-bond acceptors (Lipinski definition) is 3. The van der Waals surface area contributed by atoms with Gasteiger partial charge in [0.05, 0.1) is 0 Å². The number of halogens is 1. The van der Waals surface area contributed by atoms with Gasteiger partial charge in [-0.2, -0.15) is 0 Å². The Morgan fingerprint density at radius 2 is 2.40 bits per heavy atom. The Hall–Kier alpha value is -0.0900. The maximum atomic E-state index is 5.68. The van der Waals surface area contributed by atoms with Crippen LogP contribution in [0.15, 0.2) is 11.4 Å². The van der Waals surface area contributed by atoms with Gasteiger partial charge >= 0.3 is 0 Å². The lowest BCUT2D eigenvalue weighted by Gasteiger charge is -2.14. The maximum absolute atomic E-state index is 5.68. The van der Waals surface area contributed by atoms with E-state index in [9.17, 15) is 0 Å². The van der Waals surface area contributed by atoms with E-state index in [-0.39, 0.29) is 12.4 Å². The lowest BCUT2D eigenvalue weighted by Crippen LogP contribution is -2.22. The molecule has 1 atom stereocenters. The van der Waals surface area contributed by atoms with Crippen molar-refractivity contribution in [3.8, 4) is 0 Å². The predicted octanol–water partition coefficient (Wildman–Crippen LogP) is 2.26. The molecule has 0 spiro atoms. The molecular weight excluding hydrogens is 228 g/mol. The summed E-state index contributed by atoms with van der Waals surface area (Å²) < 4.78 is 0. The third kappa shape index (κ3) is 3.18. The number of nitrogens with zero attached hydrogens (tertiary/aromatic N) is 1. The average molecular weight is 247 g/mol. The third-order valence-corrected chi connectivity index (χ3v) is 4.05. The molecule has 2 nitrogen and oxygen atoms in total. The Labute approximate surface area is 102 Å². The van der Waals surface area contributed by atoms with Crippen LogP contribution >= 0.6 is 23.7 Å². The van der Waals surface area contributed by atoms with Crippen molar-refractivity contribution in [2.24, 2.45) is 11.7 Å². The molecule has 15 heavy (non-hydrogen) atoms. The van der Waals surface area contributed by atoms with Crippen LogP contribution in [0.3, 0.4) is 0 Å². The van der Waals surface area contributed by atoms with Gasteiger partial charge in [0.15, 0.2) is 0 Å². The third-order valence-electron chi connectivity index (χ3n) is 3.04. The molecule has 1 saturated heterocycles. The second-order valence-corrected chi connectivity index (χ2v) is 5.15. The summed E-state index contributed by atoms with van der Waals surface area (Å²) in [5, 5.41) is 2.18. The second-order valence-electron chi connectivity index (χ2n) is 4.15. The maximum Gasteiger partial charge on any atom is 0.0330 e. The van der Waals surface area contributed by atoms with E-state index >= 15 is 0 Å². The van der Waals surface area contributed by atoms with Crippen LogP contribution in [-0.4, -0.2) is 24.5 Å². The van der Waals surface area contributed by atoms with Crippen molar-refractivity contribution in [1.29, 1.82) is 0 Å². The van der Waals surface area contributed by atoms with Gasteiger partial charge in [0, 0.05) is 18.0 Å². The predicted molar refractivity (Wildman–Crippen MR) is 68.7 cm³/mol. The first-order valence-electron chi connectivity index (χ1n) is 5.25. The van der Waals surface area contributed by atoms with Gasteiger partial charge in [0.2, 0.25) is 0 Å². The first-order chi connectivity index (χ1) is 6.79. The molecule has 2 N–H and O–H groups in total. The number of nitrogens with two attached hydrogens (primary N) is 1. The zero-order chi connectivity index (χ0) is 9.97. The monoisotopic (exact) mass is 246 g/mol. The lowest BCUT2D eigenvalue weighted by atomic mass is 10.1. The molecule has 0 bridgehead atoms. The van der Waals surface area contributed by atoms with Gasteiger partial charge in [0.25, 0.3) is 0 Å². The quantitative estimate of drug-likeness (QED) is 0.887.